The average Bonchev–Trinajstić information content (AvgIpc) is 2.48. The Labute approximate surface area is 118 Å². The van der Waals surface area contributed by atoms with E-state index in [1.54, 1.807) is 11.6 Å². The van der Waals surface area contributed by atoms with Crippen molar-refractivity contribution in [3.63, 3.8) is 0 Å². The summed E-state index contributed by atoms with van der Waals surface area (Å²) >= 11 is 3.39. The molecule has 0 fully saturated rings. The number of nitrogens with zero attached hydrogens (tertiary/aromatic N) is 2. The van der Waals surface area contributed by atoms with Crippen molar-refractivity contribution in [3.05, 3.63) is 15.9 Å². The zero-order valence-electron chi connectivity index (χ0n) is 11.7. The average molecular weight is 333 g/mol. The Bertz CT molecular complexity index is 438. The summed E-state index contributed by atoms with van der Waals surface area (Å²) in [6, 6.07) is 1.11. The van der Waals surface area contributed by atoms with E-state index in [-0.39, 0.29) is 5.78 Å². The number of ether oxygens (including phenoxy) is 1. The number of aryl methyl sites for hydroxylation is 1. The molecule has 0 radical (unpaired) electrons. The summed E-state index contributed by atoms with van der Waals surface area (Å²) in [5, 5.41) is 4.30. The molecule has 0 bridgehead atoms. The first kappa shape index (κ1) is 15.6. The van der Waals surface area contributed by atoms with Gasteiger partial charge in [-0.1, -0.05) is 19.6 Å². The van der Waals surface area contributed by atoms with Crippen molar-refractivity contribution in [2.45, 2.75) is 46.3 Å². The SMILES string of the molecule is CC(=O)c1c(Br)c(C)nn1COCC[Si](C)(C)C. The molecule has 0 atom stereocenters. The van der Waals surface area contributed by atoms with Gasteiger partial charge in [-0.25, -0.2) is 4.68 Å². The summed E-state index contributed by atoms with van der Waals surface area (Å²) in [4.78, 5) is 11.6. The molecule has 0 spiro atoms. The fourth-order valence-corrected chi connectivity index (χ4v) is 2.84. The quantitative estimate of drug-likeness (QED) is 0.455. The highest BCUT2D eigenvalue weighted by Gasteiger charge is 2.17. The van der Waals surface area contributed by atoms with Crippen LogP contribution in [-0.4, -0.2) is 30.2 Å². The van der Waals surface area contributed by atoms with Gasteiger partial charge in [0.15, 0.2) is 5.78 Å². The second-order valence-corrected chi connectivity index (χ2v) is 12.1. The lowest BCUT2D eigenvalue weighted by molar-refractivity contribution is 0.0733. The van der Waals surface area contributed by atoms with Crippen LogP contribution in [-0.2, 0) is 11.5 Å². The van der Waals surface area contributed by atoms with E-state index in [9.17, 15) is 4.79 Å². The molecule has 0 saturated heterocycles. The maximum Gasteiger partial charge on any atom is 0.179 e. The van der Waals surface area contributed by atoms with Crippen molar-refractivity contribution >= 4 is 29.8 Å². The van der Waals surface area contributed by atoms with Crippen molar-refractivity contribution < 1.29 is 9.53 Å². The van der Waals surface area contributed by atoms with E-state index in [0.29, 0.717) is 12.4 Å². The van der Waals surface area contributed by atoms with Crippen LogP contribution >= 0.6 is 15.9 Å². The zero-order valence-corrected chi connectivity index (χ0v) is 14.3. The highest BCUT2D eigenvalue weighted by atomic mass is 79.9. The Morgan fingerprint density at radius 2 is 2.06 bits per heavy atom. The molecule has 1 rings (SSSR count). The van der Waals surface area contributed by atoms with Crippen LogP contribution in [0.15, 0.2) is 4.47 Å². The van der Waals surface area contributed by atoms with Gasteiger partial charge in [0.2, 0.25) is 0 Å². The monoisotopic (exact) mass is 332 g/mol. The standard InChI is InChI=1S/C12H21BrN2O2Si/c1-9-11(13)12(10(2)16)15(14-9)8-17-6-7-18(3,4)5/h6-8H2,1-5H3. The van der Waals surface area contributed by atoms with Crippen LogP contribution < -0.4 is 0 Å². The van der Waals surface area contributed by atoms with Crippen molar-refractivity contribution in [3.8, 4) is 0 Å². The van der Waals surface area contributed by atoms with Gasteiger partial charge in [-0.15, -0.1) is 0 Å². The van der Waals surface area contributed by atoms with Gasteiger partial charge in [0.1, 0.15) is 12.4 Å². The molecule has 0 aliphatic carbocycles. The normalized spacial score (nSPS) is 11.9. The van der Waals surface area contributed by atoms with Gasteiger partial charge in [0.05, 0.1) is 10.2 Å². The molecule has 0 saturated carbocycles. The first-order valence-electron chi connectivity index (χ1n) is 6.04. The summed E-state index contributed by atoms with van der Waals surface area (Å²) in [5.74, 6) is -0.00345. The number of hydrogen-bond donors (Lipinski definition) is 0. The molecular weight excluding hydrogens is 312 g/mol. The van der Waals surface area contributed by atoms with Crippen LogP contribution in [0.3, 0.4) is 0 Å². The summed E-state index contributed by atoms with van der Waals surface area (Å²) in [6.07, 6.45) is 0. The predicted molar refractivity (Wildman–Crippen MR) is 78.8 cm³/mol. The number of carbonyl (C=O) groups is 1. The Morgan fingerprint density at radius 3 is 2.56 bits per heavy atom. The molecule has 0 amide bonds. The number of ketones is 1. The lowest BCUT2D eigenvalue weighted by atomic mass is 10.3. The number of aromatic nitrogens is 2. The largest absolute Gasteiger partial charge is 0.360 e. The third kappa shape index (κ3) is 4.33. The van der Waals surface area contributed by atoms with E-state index < -0.39 is 8.07 Å². The van der Waals surface area contributed by atoms with Crippen LogP contribution in [0.4, 0.5) is 0 Å². The summed E-state index contributed by atoms with van der Waals surface area (Å²) in [6.45, 7) is 11.4. The number of halogens is 1. The third-order valence-corrected chi connectivity index (χ3v) is 5.25. The maximum absolute atomic E-state index is 11.6. The second-order valence-electron chi connectivity index (χ2n) is 5.65. The molecule has 18 heavy (non-hydrogen) atoms. The lowest BCUT2D eigenvalue weighted by Crippen LogP contribution is -2.22. The predicted octanol–water partition coefficient (Wildman–Crippen LogP) is 3.47. The van der Waals surface area contributed by atoms with Crippen LogP contribution in [0.25, 0.3) is 0 Å². The van der Waals surface area contributed by atoms with Gasteiger partial charge in [-0.2, -0.15) is 5.10 Å². The fraction of sp³-hybridized carbons (Fsp3) is 0.667. The van der Waals surface area contributed by atoms with Gasteiger partial charge in [-0.3, -0.25) is 4.79 Å². The van der Waals surface area contributed by atoms with Crippen LogP contribution in [0.5, 0.6) is 0 Å². The summed E-state index contributed by atoms with van der Waals surface area (Å²) < 4.78 is 8.02. The zero-order chi connectivity index (χ0) is 13.9. The third-order valence-electron chi connectivity index (χ3n) is 2.60. The van der Waals surface area contributed by atoms with Crippen molar-refractivity contribution in [2.75, 3.05) is 6.61 Å². The molecule has 6 heteroatoms. The van der Waals surface area contributed by atoms with Crippen LogP contribution in [0, 0.1) is 6.92 Å². The lowest BCUT2D eigenvalue weighted by Gasteiger charge is -2.15. The molecule has 0 aromatic carbocycles. The first-order chi connectivity index (χ1) is 8.22. The Hall–Kier alpha value is -0.463. The van der Waals surface area contributed by atoms with E-state index in [1.807, 2.05) is 6.92 Å². The molecule has 102 valence electrons. The topological polar surface area (TPSA) is 44.1 Å². The minimum absolute atomic E-state index is 0.00345. The Kier molecular flexibility index (Phi) is 5.30. The van der Waals surface area contributed by atoms with Crippen molar-refractivity contribution in [1.29, 1.82) is 0 Å². The molecule has 1 aromatic rings. The van der Waals surface area contributed by atoms with Crippen molar-refractivity contribution in [1.82, 2.24) is 9.78 Å². The molecule has 1 aromatic heterocycles. The molecule has 4 nitrogen and oxygen atoms in total. The highest BCUT2D eigenvalue weighted by Crippen LogP contribution is 2.21. The number of Topliss-reactive ketones (excluding diaryl/α,β-unsaturated/α-hetero) is 1. The Balaban J connectivity index is 2.63. The van der Waals surface area contributed by atoms with Gasteiger partial charge in [0.25, 0.3) is 0 Å². The van der Waals surface area contributed by atoms with E-state index in [2.05, 4.69) is 40.7 Å². The van der Waals surface area contributed by atoms with Gasteiger partial charge in [-0.05, 0) is 28.9 Å². The van der Waals surface area contributed by atoms with Crippen LogP contribution in [0.2, 0.25) is 25.7 Å². The number of carbonyl (C=O) groups excluding carboxylic acids is 1. The molecular formula is C12H21BrN2O2Si. The smallest absolute Gasteiger partial charge is 0.179 e. The minimum atomic E-state index is -1.07. The number of hydrogen-bond acceptors (Lipinski definition) is 3. The fourth-order valence-electron chi connectivity index (χ4n) is 1.52. The van der Waals surface area contributed by atoms with E-state index in [4.69, 9.17) is 4.74 Å². The first-order valence-corrected chi connectivity index (χ1v) is 10.5. The second kappa shape index (κ2) is 6.12. The number of rotatable bonds is 6. The molecule has 0 aliphatic heterocycles. The molecule has 1 heterocycles. The summed E-state index contributed by atoms with van der Waals surface area (Å²) in [5.41, 5.74) is 1.40. The highest BCUT2D eigenvalue weighted by molar-refractivity contribution is 9.10. The van der Waals surface area contributed by atoms with Gasteiger partial charge < -0.3 is 4.74 Å². The maximum atomic E-state index is 11.6. The van der Waals surface area contributed by atoms with Crippen molar-refractivity contribution in [2.24, 2.45) is 0 Å². The van der Waals surface area contributed by atoms with Crippen LogP contribution in [0.1, 0.15) is 23.1 Å². The van der Waals surface area contributed by atoms with E-state index in [1.165, 1.54) is 0 Å². The van der Waals surface area contributed by atoms with E-state index in [0.717, 1.165) is 22.8 Å². The summed E-state index contributed by atoms with van der Waals surface area (Å²) in [7, 11) is -1.07. The molecule has 0 unspecified atom stereocenters. The molecule has 0 aliphatic rings. The molecule has 0 N–H and O–H groups in total. The van der Waals surface area contributed by atoms with Gasteiger partial charge >= 0.3 is 0 Å². The minimum Gasteiger partial charge on any atom is -0.360 e. The van der Waals surface area contributed by atoms with Gasteiger partial charge in [0, 0.05) is 21.6 Å². The van der Waals surface area contributed by atoms with E-state index >= 15 is 0 Å². The Morgan fingerprint density at radius 1 is 1.44 bits per heavy atom.